The van der Waals surface area contributed by atoms with E-state index in [0.717, 1.165) is 5.45 Å². The summed E-state index contributed by atoms with van der Waals surface area (Å²) < 4.78 is 1.94. The molecule has 0 atom stereocenters. The standard InChI is InChI=1S/C11H22N6Si2/c1-18(2,3)11-14-7-8(12)17(19(4,5)6)10(13)15-9(7)16-11/h12H2,1-6H3,(H2,13,14,15,16). The Balaban J connectivity index is 2.76. The van der Waals surface area contributed by atoms with E-state index >= 15 is 0 Å². The van der Waals surface area contributed by atoms with E-state index in [-0.39, 0.29) is 0 Å². The van der Waals surface area contributed by atoms with Gasteiger partial charge in [0.25, 0.3) is 0 Å². The molecule has 0 spiro atoms. The van der Waals surface area contributed by atoms with E-state index in [1.807, 2.05) is 4.23 Å². The zero-order valence-electron chi connectivity index (χ0n) is 12.4. The first kappa shape index (κ1) is 14.0. The van der Waals surface area contributed by atoms with Crippen LogP contribution in [0.4, 0.5) is 11.8 Å². The van der Waals surface area contributed by atoms with Crippen molar-refractivity contribution in [3.05, 3.63) is 0 Å². The Hall–Kier alpha value is -1.42. The number of hydrogen-bond donors (Lipinski definition) is 2. The van der Waals surface area contributed by atoms with E-state index in [9.17, 15) is 0 Å². The molecule has 0 aromatic heterocycles. The molecule has 0 amide bonds. The summed E-state index contributed by atoms with van der Waals surface area (Å²) in [6, 6.07) is 0. The van der Waals surface area contributed by atoms with E-state index < -0.39 is 16.3 Å². The van der Waals surface area contributed by atoms with Gasteiger partial charge in [0, 0.05) is 0 Å². The lowest BCUT2D eigenvalue weighted by Crippen LogP contribution is -2.40. The van der Waals surface area contributed by atoms with Crippen LogP contribution >= 0.6 is 0 Å². The second-order valence-corrected chi connectivity index (χ2v) is 16.6. The van der Waals surface area contributed by atoms with Gasteiger partial charge in [0.1, 0.15) is 25.0 Å². The summed E-state index contributed by atoms with van der Waals surface area (Å²) in [5.74, 6) is 1.60. The van der Waals surface area contributed by atoms with Crippen LogP contribution in [0.15, 0.2) is 0 Å². The highest BCUT2D eigenvalue weighted by Gasteiger charge is 2.30. The minimum absolute atomic E-state index is 0.436. The predicted molar refractivity (Wildman–Crippen MR) is 85.0 cm³/mol. The number of rotatable bonds is 2. The van der Waals surface area contributed by atoms with Gasteiger partial charge in [-0.05, 0) is 0 Å². The molecule has 6 nitrogen and oxygen atoms in total. The third-order valence-electron chi connectivity index (χ3n) is 2.92. The maximum atomic E-state index is 6.25. The van der Waals surface area contributed by atoms with E-state index in [0.29, 0.717) is 23.3 Å². The third-order valence-corrected chi connectivity index (χ3v) is 6.29. The monoisotopic (exact) mass is 294 g/mol. The lowest BCUT2D eigenvalue weighted by atomic mass is 10.4. The fourth-order valence-electron chi connectivity index (χ4n) is 2.01. The maximum Gasteiger partial charge on any atom is 0.195 e. The lowest BCUT2D eigenvalue weighted by Gasteiger charge is -2.25. The van der Waals surface area contributed by atoms with Gasteiger partial charge in [-0.2, -0.15) is 4.98 Å². The largest absolute Gasteiger partial charge is 0.384 e. The van der Waals surface area contributed by atoms with Gasteiger partial charge >= 0.3 is 0 Å². The van der Waals surface area contributed by atoms with Crippen molar-refractivity contribution in [1.29, 1.82) is 0 Å². The molecule has 0 unspecified atom stereocenters. The van der Waals surface area contributed by atoms with Crippen LogP contribution in [0.25, 0.3) is 11.5 Å². The highest BCUT2D eigenvalue weighted by atomic mass is 28.3. The average Bonchev–Trinajstić information content (AvgIpc) is 2.58. The number of fused-ring (bicyclic) bond motifs is 1. The molecule has 8 heteroatoms. The molecule has 0 radical (unpaired) electrons. The number of nitrogens with zero attached hydrogens (tertiary/aromatic N) is 4. The second kappa shape index (κ2) is 4.04. The van der Waals surface area contributed by atoms with Crippen molar-refractivity contribution >= 4 is 33.5 Å². The summed E-state index contributed by atoms with van der Waals surface area (Å²) in [5, 5.41) is 0. The summed E-state index contributed by atoms with van der Waals surface area (Å²) in [7, 11) is -3.31. The molecule has 2 aliphatic rings. The van der Waals surface area contributed by atoms with Crippen molar-refractivity contribution in [2.45, 2.75) is 39.3 Å². The van der Waals surface area contributed by atoms with Gasteiger partial charge in [0.2, 0.25) is 0 Å². The summed E-state index contributed by atoms with van der Waals surface area (Å²) in [6.07, 6.45) is 0. The Labute approximate surface area is 115 Å². The van der Waals surface area contributed by atoms with Gasteiger partial charge in [0.15, 0.2) is 20.0 Å². The first-order chi connectivity index (χ1) is 8.51. The molecule has 0 bridgehead atoms. The predicted octanol–water partition coefficient (Wildman–Crippen LogP) is 1.17. The van der Waals surface area contributed by atoms with Crippen LogP contribution in [0.1, 0.15) is 0 Å². The van der Waals surface area contributed by atoms with Crippen LogP contribution in [0.3, 0.4) is 0 Å². The molecule has 0 saturated heterocycles. The van der Waals surface area contributed by atoms with Crippen LogP contribution < -0.4 is 16.9 Å². The van der Waals surface area contributed by atoms with Gasteiger partial charge in [-0.25, -0.2) is 9.97 Å². The molecule has 0 fully saturated rings. The van der Waals surface area contributed by atoms with Gasteiger partial charge in [0.05, 0.1) is 0 Å². The number of nitrogen functional groups attached to an aromatic ring is 2. The van der Waals surface area contributed by atoms with E-state index in [1.54, 1.807) is 0 Å². The fraction of sp³-hybridized carbons (Fsp3) is 0.545. The zero-order valence-corrected chi connectivity index (χ0v) is 14.4. The number of aromatic nitrogens is 4. The summed E-state index contributed by atoms with van der Waals surface area (Å²) in [4.78, 5) is 13.5. The quantitative estimate of drug-likeness (QED) is 0.811. The molecule has 4 N–H and O–H groups in total. The molecule has 2 heterocycles. The van der Waals surface area contributed by atoms with E-state index in [1.165, 1.54) is 0 Å². The topological polar surface area (TPSA) is 95.6 Å². The highest BCUT2D eigenvalue weighted by molar-refractivity contribution is 6.87. The number of hydrogen-bond acceptors (Lipinski definition) is 5. The van der Waals surface area contributed by atoms with Crippen LogP contribution in [-0.4, -0.2) is 35.5 Å². The Kier molecular flexibility index (Phi) is 2.98. The molecule has 0 aromatic rings. The normalized spacial score (nSPS) is 13.2. The first-order valence-corrected chi connectivity index (χ1v) is 13.3. The third kappa shape index (κ3) is 2.37. The maximum absolute atomic E-state index is 6.25. The van der Waals surface area contributed by atoms with Gasteiger partial charge in [-0.3, -0.25) is 0 Å². The molecule has 0 aromatic carbocycles. The average molecular weight is 295 g/mol. The van der Waals surface area contributed by atoms with Crippen molar-refractivity contribution in [3.8, 4) is 11.5 Å². The number of nitrogens with two attached hydrogens (primary N) is 2. The smallest absolute Gasteiger partial charge is 0.195 e. The van der Waals surface area contributed by atoms with Crippen LogP contribution in [0.5, 0.6) is 0 Å². The zero-order chi connectivity index (χ0) is 14.6. The lowest BCUT2D eigenvalue weighted by molar-refractivity contribution is 1.05. The molecular weight excluding hydrogens is 272 g/mol. The summed E-state index contributed by atoms with van der Waals surface area (Å²) in [6.45, 7) is 13.1. The van der Waals surface area contributed by atoms with Crippen molar-refractivity contribution < 1.29 is 0 Å². The minimum Gasteiger partial charge on any atom is -0.384 e. The van der Waals surface area contributed by atoms with Crippen molar-refractivity contribution in [2.75, 3.05) is 11.5 Å². The number of anilines is 2. The van der Waals surface area contributed by atoms with Crippen molar-refractivity contribution in [3.63, 3.8) is 0 Å². The molecule has 2 rings (SSSR count). The number of imidazole rings is 1. The van der Waals surface area contributed by atoms with E-state index in [2.05, 4.69) is 54.2 Å². The van der Waals surface area contributed by atoms with Crippen LogP contribution in [-0.2, 0) is 0 Å². The van der Waals surface area contributed by atoms with Crippen LogP contribution in [0.2, 0.25) is 39.3 Å². The van der Waals surface area contributed by atoms with Gasteiger partial charge in [-0.1, -0.05) is 39.3 Å². The minimum atomic E-state index is -1.73. The molecule has 2 aliphatic heterocycles. The summed E-state index contributed by atoms with van der Waals surface area (Å²) >= 11 is 0. The SMILES string of the molecule is C[Si](C)(C)c1nc2nc(N)n([Si](C)(C)C)c(N)c-2n1. The van der Waals surface area contributed by atoms with Crippen molar-refractivity contribution in [2.24, 2.45) is 0 Å². The summed E-state index contributed by atoms with van der Waals surface area (Å²) in [5.41, 5.74) is 13.9. The molecular formula is C11H22N6Si2. The molecule has 0 aliphatic carbocycles. The van der Waals surface area contributed by atoms with Gasteiger partial charge < -0.3 is 15.7 Å². The fourth-order valence-corrected chi connectivity index (χ4v) is 4.47. The highest BCUT2D eigenvalue weighted by Crippen LogP contribution is 2.27. The van der Waals surface area contributed by atoms with Crippen LogP contribution in [0, 0.1) is 0 Å². The Morgan fingerprint density at radius 1 is 0.895 bits per heavy atom. The van der Waals surface area contributed by atoms with Crippen molar-refractivity contribution in [1.82, 2.24) is 19.2 Å². The first-order valence-electron chi connectivity index (χ1n) is 6.34. The molecule has 0 saturated carbocycles. The molecule has 104 valence electrons. The Bertz CT molecular complexity index is 593. The Morgan fingerprint density at radius 3 is 1.95 bits per heavy atom. The molecule has 19 heavy (non-hydrogen) atoms. The van der Waals surface area contributed by atoms with E-state index in [4.69, 9.17) is 11.5 Å². The Morgan fingerprint density at radius 2 is 1.47 bits per heavy atom. The van der Waals surface area contributed by atoms with Gasteiger partial charge in [-0.15, -0.1) is 0 Å². The second-order valence-electron chi connectivity index (χ2n) is 6.83.